The van der Waals surface area contributed by atoms with Crippen molar-refractivity contribution < 1.29 is 18.3 Å². The summed E-state index contributed by atoms with van der Waals surface area (Å²) in [6.45, 7) is 9.15. The Kier molecular flexibility index (Phi) is 9.31. The largest absolute Gasteiger partial charge is 0.487 e. The predicted molar refractivity (Wildman–Crippen MR) is 137 cm³/mol. The van der Waals surface area contributed by atoms with E-state index in [9.17, 15) is 13.5 Å². The van der Waals surface area contributed by atoms with Crippen LogP contribution in [0.3, 0.4) is 0 Å². The van der Waals surface area contributed by atoms with Gasteiger partial charge in [-0.25, -0.2) is 8.42 Å². The minimum absolute atomic E-state index is 0.108. The highest BCUT2D eigenvalue weighted by Gasteiger charge is 2.38. The van der Waals surface area contributed by atoms with E-state index < -0.39 is 16.1 Å². The maximum absolute atomic E-state index is 13.6. The second-order valence-electron chi connectivity index (χ2n) is 9.82. The van der Waals surface area contributed by atoms with Gasteiger partial charge in [-0.3, -0.25) is 9.88 Å². The molecule has 7 nitrogen and oxygen atoms in total. The monoisotopic (exact) mass is 499 g/mol. The van der Waals surface area contributed by atoms with E-state index in [1.807, 2.05) is 32.2 Å². The Balaban J connectivity index is 1.97. The van der Waals surface area contributed by atoms with Crippen LogP contribution in [0.5, 0.6) is 5.75 Å². The van der Waals surface area contributed by atoms with E-state index in [0.717, 1.165) is 17.7 Å². The zero-order chi connectivity index (χ0) is 25.6. The number of rotatable bonds is 7. The molecule has 0 aliphatic carbocycles. The van der Waals surface area contributed by atoms with Gasteiger partial charge in [0.25, 0.3) is 0 Å². The first-order chi connectivity index (χ1) is 16.6. The number of fused-ring (bicyclic) bond motifs is 1. The summed E-state index contributed by atoms with van der Waals surface area (Å²) in [7, 11) is -1.86. The van der Waals surface area contributed by atoms with E-state index in [0.29, 0.717) is 24.8 Å². The van der Waals surface area contributed by atoms with Gasteiger partial charge in [0.2, 0.25) is 10.0 Å². The third kappa shape index (κ3) is 7.05. The van der Waals surface area contributed by atoms with Crippen LogP contribution in [0.1, 0.15) is 45.4 Å². The SMILES string of the molecule is CC(C)CC#Cc1ccc2c(c1)O[C@H](CN(C)Cc1ccccn1)[C@H](C)CN([C@@H](C)CO)S2(=O)=O. The minimum atomic E-state index is -3.86. The molecule has 0 fully saturated rings. The number of likely N-dealkylation sites (N-methyl/N-ethyl adjacent to an activating group) is 1. The van der Waals surface area contributed by atoms with Crippen LogP contribution >= 0.6 is 0 Å². The van der Waals surface area contributed by atoms with Crippen LogP contribution in [-0.2, 0) is 16.6 Å². The fourth-order valence-corrected chi connectivity index (χ4v) is 5.84. The molecule has 0 spiro atoms. The van der Waals surface area contributed by atoms with Gasteiger partial charge in [-0.05, 0) is 50.2 Å². The van der Waals surface area contributed by atoms with E-state index >= 15 is 0 Å². The van der Waals surface area contributed by atoms with Crippen LogP contribution < -0.4 is 4.74 Å². The number of aliphatic hydroxyl groups is 1. The Hall–Kier alpha value is -2.44. The molecule has 190 valence electrons. The first kappa shape index (κ1) is 27.2. The Labute approximate surface area is 210 Å². The van der Waals surface area contributed by atoms with E-state index in [1.54, 1.807) is 31.3 Å². The third-order valence-electron chi connectivity index (χ3n) is 6.06. The number of benzene rings is 1. The second kappa shape index (κ2) is 12.0. The number of sulfonamides is 1. The van der Waals surface area contributed by atoms with E-state index in [2.05, 4.69) is 35.6 Å². The Bertz CT molecular complexity index is 1140. The fourth-order valence-electron chi connectivity index (χ4n) is 4.02. The van der Waals surface area contributed by atoms with E-state index in [-0.39, 0.29) is 30.1 Å². The van der Waals surface area contributed by atoms with Crippen molar-refractivity contribution in [1.82, 2.24) is 14.2 Å². The van der Waals surface area contributed by atoms with Crippen molar-refractivity contribution in [3.8, 4) is 17.6 Å². The molecule has 2 heterocycles. The molecule has 1 aromatic carbocycles. The van der Waals surface area contributed by atoms with Crippen LogP contribution in [0.2, 0.25) is 0 Å². The van der Waals surface area contributed by atoms with Crippen molar-refractivity contribution in [2.24, 2.45) is 11.8 Å². The van der Waals surface area contributed by atoms with Crippen molar-refractivity contribution in [1.29, 1.82) is 0 Å². The molecule has 0 saturated heterocycles. The van der Waals surface area contributed by atoms with Crippen molar-refractivity contribution in [2.75, 3.05) is 26.7 Å². The normalized spacial score (nSPS) is 20.8. The lowest BCUT2D eigenvalue weighted by molar-refractivity contribution is 0.0730. The van der Waals surface area contributed by atoms with Crippen molar-refractivity contribution in [3.05, 3.63) is 53.9 Å². The lowest BCUT2D eigenvalue weighted by Gasteiger charge is -2.37. The summed E-state index contributed by atoms with van der Waals surface area (Å²) in [5.74, 6) is 6.94. The van der Waals surface area contributed by atoms with Crippen LogP contribution in [0, 0.1) is 23.7 Å². The Morgan fingerprint density at radius 1 is 1.26 bits per heavy atom. The van der Waals surface area contributed by atoms with E-state index in [1.165, 1.54) is 4.31 Å². The number of aromatic nitrogens is 1. The smallest absolute Gasteiger partial charge is 0.247 e. The number of hydrogen-bond acceptors (Lipinski definition) is 6. The molecular weight excluding hydrogens is 462 g/mol. The van der Waals surface area contributed by atoms with Crippen molar-refractivity contribution >= 4 is 10.0 Å². The molecule has 0 unspecified atom stereocenters. The second-order valence-corrected chi connectivity index (χ2v) is 11.7. The topological polar surface area (TPSA) is 83.0 Å². The summed E-state index contributed by atoms with van der Waals surface area (Å²) in [4.78, 5) is 6.64. The van der Waals surface area contributed by atoms with Gasteiger partial charge in [-0.2, -0.15) is 4.31 Å². The molecule has 8 heteroatoms. The summed E-state index contributed by atoms with van der Waals surface area (Å²) >= 11 is 0. The van der Waals surface area contributed by atoms with Gasteiger partial charge in [0.15, 0.2) is 0 Å². The van der Waals surface area contributed by atoms with Gasteiger partial charge >= 0.3 is 0 Å². The van der Waals surface area contributed by atoms with Gasteiger partial charge in [-0.1, -0.05) is 38.7 Å². The van der Waals surface area contributed by atoms with E-state index in [4.69, 9.17) is 4.74 Å². The quantitative estimate of drug-likeness (QED) is 0.588. The van der Waals surface area contributed by atoms with Gasteiger partial charge in [0.1, 0.15) is 16.7 Å². The summed E-state index contributed by atoms with van der Waals surface area (Å²) in [5.41, 5.74) is 1.67. The summed E-state index contributed by atoms with van der Waals surface area (Å²) < 4.78 is 35.0. The molecule has 1 aliphatic heterocycles. The zero-order valence-corrected chi connectivity index (χ0v) is 22.1. The molecule has 1 N–H and O–H groups in total. The highest BCUT2D eigenvalue weighted by molar-refractivity contribution is 7.89. The summed E-state index contributed by atoms with van der Waals surface area (Å²) in [6, 6.07) is 10.3. The van der Waals surface area contributed by atoms with Crippen molar-refractivity contribution in [3.63, 3.8) is 0 Å². The van der Waals surface area contributed by atoms with Gasteiger partial charge in [0.05, 0.1) is 12.3 Å². The number of nitrogens with zero attached hydrogens (tertiary/aromatic N) is 3. The van der Waals surface area contributed by atoms with Gasteiger partial charge < -0.3 is 9.84 Å². The minimum Gasteiger partial charge on any atom is -0.487 e. The maximum atomic E-state index is 13.6. The number of aliphatic hydroxyl groups excluding tert-OH is 1. The van der Waals surface area contributed by atoms with Crippen LogP contribution in [-0.4, -0.2) is 66.6 Å². The Morgan fingerprint density at radius 3 is 2.69 bits per heavy atom. The highest BCUT2D eigenvalue weighted by Crippen LogP contribution is 2.34. The average molecular weight is 500 g/mol. The summed E-state index contributed by atoms with van der Waals surface area (Å²) in [5, 5.41) is 9.81. The number of pyridine rings is 1. The molecular formula is C27H37N3O4S. The highest BCUT2D eigenvalue weighted by atomic mass is 32.2. The molecule has 3 atom stereocenters. The van der Waals surface area contributed by atoms with Crippen molar-refractivity contribution in [2.45, 2.75) is 57.7 Å². The molecule has 0 saturated carbocycles. The molecule has 0 bridgehead atoms. The number of hydrogen-bond donors (Lipinski definition) is 1. The summed E-state index contributed by atoms with van der Waals surface area (Å²) in [6.07, 6.45) is 2.26. The van der Waals surface area contributed by atoms with Crippen LogP contribution in [0.4, 0.5) is 0 Å². The first-order valence-corrected chi connectivity index (χ1v) is 13.6. The van der Waals surface area contributed by atoms with Gasteiger partial charge in [-0.15, -0.1) is 0 Å². The molecule has 35 heavy (non-hydrogen) atoms. The zero-order valence-electron chi connectivity index (χ0n) is 21.3. The lowest BCUT2D eigenvalue weighted by atomic mass is 10.0. The molecule has 0 amide bonds. The molecule has 1 aromatic heterocycles. The van der Waals surface area contributed by atoms with Crippen LogP contribution in [0.15, 0.2) is 47.5 Å². The van der Waals surface area contributed by atoms with Crippen LogP contribution in [0.25, 0.3) is 0 Å². The molecule has 1 aliphatic rings. The third-order valence-corrected chi connectivity index (χ3v) is 8.08. The molecule has 3 rings (SSSR count). The molecule has 0 radical (unpaired) electrons. The lowest BCUT2D eigenvalue weighted by Crippen LogP contribution is -2.49. The fraction of sp³-hybridized carbons (Fsp3) is 0.519. The number of ether oxygens (including phenoxy) is 1. The first-order valence-electron chi connectivity index (χ1n) is 12.1. The Morgan fingerprint density at radius 2 is 2.03 bits per heavy atom. The predicted octanol–water partition coefficient (Wildman–Crippen LogP) is 3.38. The van der Waals surface area contributed by atoms with Gasteiger partial charge in [0, 0.05) is 49.8 Å². The maximum Gasteiger partial charge on any atom is 0.247 e. The molecule has 2 aromatic rings. The standard InChI is InChI=1S/C27H37N3O4S/c1-20(2)9-8-10-23-12-13-27-25(15-23)34-26(18-29(5)17-24-11-6-7-14-28-24)21(3)16-30(22(4)19-31)35(27,32)33/h6-7,11-15,20-22,26,31H,9,16-19H2,1-5H3/t21-,22+,26-/m1/s1. The average Bonchev–Trinajstić information content (AvgIpc) is 2.81.